The molecule has 0 aromatic rings. The number of hydrogen-bond acceptors (Lipinski definition) is 3. The molecule has 1 heterocycles. The Bertz CT molecular complexity index is 143. The van der Waals surface area contributed by atoms with Crippen molar-refractivity contribution in [2.24, 2.45) is 5.73 Å². The van der Waals surface area contributed by atoms with Gasteiger partial charge < -0.3 is 5.73 Å². The van der Waals surface area contributed by atoms with Crippen molar-refractivity contribution in [2.45, 2.75) is 13.0 Å². The summed E-state index contributed by atoms with van der Waals surface area (Å²) in [5, 5.41) is 0. The first-order valence-corrected chi connectivity index (χ1v) is 5.39. The van der Waals surface area contributed by atoms with Crippen LogP contribution in [0.1, 0.15) is 6.92 Å². The molecule has 1 atom stereocenters. The summed E-state index contributed by atoms with van der Waals surface area (Å²) in [6, 6.07) is 0.283. The van der Waals surface area contributed by atoms with Crippen molar-refractivity contribution < 1.29 is 0 Å². The predicted octanol–water partition coefficient (Wildman–Crippen LogP) is 0.710. The lowest BCUT2D eigenvalue weighted by Crippen LogP contribution is -2.45. The third-order valence-electron chi connectivity index (χ3n) is 2.01. The maximum absolute atomic E-state index is 5.55. The fourth-order valence-electron chi connectivity index (χ4n) is 1.14. The summed E-state index contributed by atoms with van der Waals surface area (Å²) in [7, 11) is 0. The van der Waals surface area contributed by atoms with Gasteiger partial charge >= 0.3 is 0 Å². The van der Waals surface area contributed by atoms with Gasteiger partial charge in [-0.2, -0.15) is 11.8 Å². The number of thioether (sulfide) groups is 1. The van der Waals surface area contributed by atoms with Crippen molar-refractivity contribution in [3.05, 3.63) is 0 Å². The quantitative estimate of drug-likeness (QED) is 0.649. The molecule has 1 saturated heterocycles. The lowest BCUT2D eigenvalue weighted by atomic mass is 10.3. The third-order valence-corrected chi connectivity index (χ3v) is 3.29. The molecule has 0 saturated carbocycles. The van der Waals surface area contributed by atoms with Crippen LogP contribution in [0.15, 0.2) is 0 Å². The number of nitrogens with two attached hydrogens (primary N) is 1. The first-order chi connectivity index (χ1) is 5.22. The lowest BCUT2D eigenvalue weighted by molar-refractivity contribution is 0.281. The highest BCUT2D eigenvalue weighted by Crippen LogP contribution is 2.11. The van der Waals surface area contributed by atoms with Gasteiger partial charge in [0.1, 0.15) is 0 Å². The van der Waals surface area contributed by atoms with E-state index in [0.29, 0.717) is 4.99 Å². The Kier molecular flexibility index (Phi) is 3.62. The summed E-state index contributed by atoms with van der Waals surface area (Å²) in [4.78, 5) is 2.97. The Balaban J connectivity index is 2.38. The summed E-state index contributed by atoms with van der Waals surface area (Å²) >= 11 is 6.93. The van der Waals surface area contributed by atoms with Gasteiger partial charge in [0.05, 0.1) is 11.0 Å². The van der Waals surface area contributed by atoms with Crippen LogP contribution in [0.2, 0.25) is 0 Å². The van der Waals surface area contributed by atoms with E-state index in [1.54, 1.807) is 0 Å². The molecule has 1 aliphatic heterocycles. The van der Waals surface area contributed by atoms with Gasteiger partial charge in [0, 0.05) is 24.6 Å². The zero-order valence-corrected chi connectivity index (χ0v) is 8.38. The van der Waals surface area contributed by atoms with Crippen molar-refractivity contribution in [2.75, 3.05) is 24.6 Å². The van der Waals surface area contributed by atoms with Gasteiger partial charge in [0.2, 0.25) is 0 Å². The molecule has 0 aliphatic carbocycles. The average molecular weight is 190 g/mol. The molecular weight excluding hydrogens is 176 g/mol. The summed E-state index contributed by atoms with van der Waals surface area (Å²) in [5.74, 6) is 2.43. The van der Waals surface area contributed by atoms with Crippen molar-refractivity contribution in [1.82, 2.24) is 4.90 Å². The van der Waals surface area contributed by atoms with E-state index in [-0.39, 0.29) is 6.04 Å². The average Bonchev–Trinajstić information content (AvgIpc) is 2.05. The normalized spacial score (nSPS) is 23.0. The van der Waals surface area contributed by atoms with Crippen LogP contribution in [0.3, 0.4) is 0 Å². The number of thiocarbonyl (C=S) groups is 1. The molecule has 1 aliphatic rings. The number of rotatable bonds is 2. The van der Waals surface area contributed by atoms with E-state index in [4.69, 9.17) is 18.0 Å². The molecule has 0 aromatic heterocycles. The predicted molar refractivity (Wildman–Crippen MR) is 55.1 cm³/mol. The second-order valence-corrected chi connectivity index (χ2v) is 4.42. The molecule has 0 radical (unpaired) electrons. The van der Waals surface area contributed by atoms with E-state index in [9.17, 15) is 0 Å². The second-order valence-electron chi connectivity index (χ2n) is 2.73. The van der Waals surface area contributed by atoms with Crippen molar-refractivity contribution in [3.63, 3.8) is 0 Å². The highest BCUT2D eigenvalue weighted by atomic mass is 32.2. The number of nitrogens with zero attached hydrogens (tertiary/aromatic N) is 1. The van der Waals surface area contributed by atoms with E-state index in [0.717, 1.165) is 13.1 Å². The highest BCUT2D eigenvalue weighted by molar-refractivity contribution is 7.99. The summed E-state index contributed by atoms with van der Waals surface area (Å²) in [5.41, 5.74) is 5.55. The molecule has 2 N–H and O–H groups in total. The Morgan fingerprint density at radius 1 is 1.55 bits per heavy atom. The summed E-state index contributed by atoms with van der Waals surface area (Å²) in [6.45, 7) is 4.34. The minimum Gasteiger partial charge on any atom is -0.392 e. The van der Waals surface area contributed by atoms with Crippen LogP contribution in [0.25, 0.3) is 0 Å². The monoisotopic (exact) mass is 190 g/mol. The Morgan fingerprint density at radius 3 is 2.55 bits per heavy atom. The maximum Gasteiger partial charge on any atom is 0.0899 e. The first kappa shape index (κ1) is 9.29. The topological polar surface area (TPSA) is 29.3 Å². The SMILES string of the molecule is CC(C(N)=S)N1CCSCC1. The molecule has 0 aromatic carbocycles. The van der Waals surface area contributed by atoms with Crippen LogP contribution >= 0.6 is 24.0 Å². The van der Waals surface area contributed by atoms with Crippen LogP contribution in [0.5, 0.6) is 0 Å². The molecule has 1 fully saturated rings. The Labute approximate surface area is 77.5 Å². The fourth-order valence-corrected chi connectivity index (χ4v) is 2.23. The smallest absolute Gasteiger partial charge is 0.0899 e. The Hall–Kier alpha value is 0.200. The highest BCUT2D eigenvalue weighted by Gasteiger charge is 2.17. The van der Waals surface area contributed by atoms with Gasteiger partial charge in [-0.05, 0) is 6.92 Å². The van der Waals surface area contributed by atoms with E-state index in [2.05, 4.69) is 11.8 Å². The van der Waals surface area contributed by atoms with Gasteiger partial charge in [-0.1, -0.05) is 12.2 Å². The summed E-state index contributed by atoms with van der Waals surface area (Å²) < 4.78 is 0. The number of hydrogen-bond donors (Lipinski definition) is 1. The molecule has 11 heavy (non-hydrogen) atoms. The first-order valence-electron chi connectivity index (χ1n) is 3.83. The molecule has 2 nitrogen and oxygen atoms in total. The van der Waals surface area contributed by atoms with Crippen LogP contribution in [-0.2, 0) is 0 Å². The minimum atomic E-state index is 0.283. The van der Waals surface area contributed by atoms with Crippen LogP contribution in [0.4, 0.5) is 0 Å². The molecule has 0 bridgehead atoms. The molecule has 0 amide bonds. The van der Waals surface area contributed by atoms with Crippen molar-refractivity contribution in [1.29, 1.82) is 0 Å². The third kappa shape index (κ3) is 2.61. The van der Waals surface area contributed by atoms with Gasteiger partial charge in [-0.3, -0.25) is 4.90 Å². The standard InChI is InChI=1S/C7H14N2S2/c1-6(7(8)10)9-2-4-11-5-3-9/h6H,2-5H2,1H3,(H2,8,10). The van der Waals surface area contributed by atoms with E-state index in [1.807, 2.05) is 11.8 Å². The molecular formula is C7H14N2S2. The van der Waals surface area contributed by atoms with Gasteiger partial charge in [-0.15, -0.1) is 0 Å². The van der Waals surface area contributed by atoms with Gasteiger partial charge in [0.25, 0.3) is 0 Å². The molecule has 1 rings (SSSR count). The van der Waals surface area contributed by atoms with Crippen molar-refractivity contribution >= 4 is 29.0 Å². The molecule has 0 spiro atoms. The molecule has 4 heteroatoms. The van der Waals surface area contributed by atoms with Crippen molar-refractivity contribution in [3.8, 4) is 0 Å². The lowest BCUT2D eigenvalue weighted by Gasteiger charge is -2.31. The van der Waals surface area contributed by atoms with E-state index >= 15 is 0 Å². The molecule has 64 valence electrons. The minimum absolute atomic E-state index is 0.283. The van der Waals surface area contributed by atoms with Crippen LogP contribution < -0.4 is 5.73 Å². The zero-order chi connectivity index (χ0) is 8.27. The largest absolute Gasteiger partial charge is 0.392 e. The fraction of sp³-hybridized carbons (Fsp3) is 0.857. The molecule has 1 unspecified atom stereocenters. The second kappa shape index (κ2) is 4.28. The van der Waals surface area contributed by atoms with E-state index in [1.165, 1.54) is 11.5 Å². The zero-order valence-electron chi connectivity index (χ0n) is 6.75. The van der Waals surface area contributed by atoms with E-state index < -0.39 is 0 Å². The van der Waals surface area contributed by atoms with Gasteiger partial charge in [0.15, 0.2) is 0 Å². The van der Waals surface area contributed by atoms with Gasteiger partial charge in [-0.25, -0.2) is 0 Å². The Morgan fingerprint density at radius 2 is 2.09 bits per heavy atom. The van der Waals surface area contributed by atoms with Crippen LogP contribution in [-0.4, -0.2) is 40.5 Å². The van der Waals surface area contributed by atoms with Crippen LogP contribution in [0, 0.1) is 0 Å². The summed E-state index contributed by atoms with van der Waals surface area (Å²) in [6.07, 6.45) is 0. The maximum atomic E-state index is 5.55.